The van der Waals surface area contributed by atoms with Gasteiger partial charge in [-0.2, -0.15) is 0 Å². The van der Waals surface area contributed by atoms with Crippen LogP contribution in [0.4, 0.5) is 0 Å². The summed E-state index contributed by atoms with van der Waals surface area (Å²) in [5.41, 5.74) is 12.5. The molecule has 1 unspecified atom stereocenters. The fraction of sp³-hybridized carbons (Fsp3) is 0.368. The van der Waals surface area contributed by atoms with Gasteiger partial charge in [-0.1, -0.05) is 63.3 Å². The van der Waals surface area contributed by atoms with Crippen molar-refractivity contribution in [2.45, 2.75) is 45.4 Å². The molecule has 2 rings (SSSR count). The molecule has 0 saturated carbocycles. The van der Waals surface area contributed by atoms with Gasteiger partial charge in [0.15, 0.2) is 0 Å². The smallest absolute Gasteiger partial charge is 0.0388 e. The van der Waals surface area contributed by atoms with Crippen LogP contribution in [0.1, 0.15) is 51.0 Å². The SMILES string of the molecule is C=C1C/C(=C\CC)C(N)=C1C(CCC)c1ccccc1. The van der Waals surface area contributed by atoms with E-state index in [1.54, 1.807) is 0 Å². The molecule has 0 aliphatic heterocycles. The Kier molecular flexibility index (Phi) is 4.84. The predicted molar refractivity (Wildman–Crippen MR) is 87.4 cm³/mol. The molecule has 1 atom stereocenters. The summed E-state index contributed by atoms with van der Waals surface area (Å²) in [6.07, 6.45) is 6.46. The molecule has 20 heavy (non-hydrogen) atoms. The molecule has 106 valence electrons. The highest BCUT2D eigenvalue weighted by molar-refractivity contribution is 5.56. The number of benzene rings is 1. The molecule has 0 bridgehead atoms. The number of hydrogen-bond acceptors (Lipinski definition) is 1. The summed E-state index contributed by atoms with van der Waals surface area (Å²) in [6.45, 7) is 8.65. The van der Waals surface area contributed by atoms with Gasteiger partial charge in [0.05, 0.1) is 0 Å². The van der Waals surface area contributed by atoms with E-state index in [0.29, 0.717) is 5.92 Å². The molecule has 0 spiro atoms. The van der Waals surface area contributed by atoms with Gasteiger partial charge in [0.2, 0.25) is 0 Å². The summed E-state index contributed by atoms with van der Waals surface area (Å²) < 4.78 is 0. The van der Waals surface area contributed by atoms with Crippen molar-refractivity contribution in [3.8, 4) is 0 Å². The van der Waals surface area contributed by atoms with Gasteiger partial charge in [0.1, 0.15) is 0 Å². The van der Waals surface area contributed by atoms with Crippen LogP contribution < -0.4 is 5.73 Å². The van der Waals surface area contributed by atoms with Crippen molar-refractivity contribution in [2.24, 2.45) is 5.73 Å². The summed E-state index contributed by atoms with van der Waals surface area (Å²) in [7, 11) is 0. The standard InChI is InChI=1S/C19H25N/c1-4-9-16-13-14(3)18(19(16)20)17(10-5-2)15-11-7-6-8-12-15/h6-9,11-12,17H,3-5,10,13,20H2,1-2H3/b16-9+. The molecule has 2 N–H and O–H groups in total. The lowest BCUT2D eigenvalue weighted by Crippen LogP contribution is -2.08. The third-order valence-electron chi connectivity index (χ3n) is 4.00. The molecule has 0 amide bonds. The van der Waals surface area contributed by atoms with Crippen molar-refractivity contribution in [1.29, 1.82) is 0 Å². The zero-order valence-electron chi connectivity index (χ0n) is 12.7. The Morgan fingerprint density at radius 2 is 1.95 bits per heavy atom. The lowest BCUT2D eigenvalue weighted by molar-refractivity contribution is 0.689. The molecular formula is C19H25N. The van der Waals surface area contributed by atoms with E-state index < -0.39 is 0 Å². The zero-order valence-corrected chi connectivity index (χ0v) is 12.7. The van der Waals surface area contributed by atoms with Crippen molar-refractivity contribution in [1.82, 2.24) is 0 Å². The van der Waals surface area contributed by atoms with Crippen LogP contribution in [0, 0.1) is 0 Å². The van der Waals surface area contributed by atoms with Crippen LogP contribution >= 0.6 is 0 Å². The Hall–Kier alpha value is -1.76. The molecule has 1 heteroatoms. The Bertz CT molecular complexity index is 534. The maximum Gasteiger partial charge on any atom is 0.0388 e. The molecule has 0 aromatic heterocycles. The highest BCUT2D eigenvalue weighted by Crippen LogP contribution is 2.42. The molecule has 1 aromatic carbocycles. The van der Waals surface area contributed by atoms with E-state index in [0.717, 1.165) is 31.4 Å². The molecule has 0 fully saturated rings. The minimum absolute atomic E-state index is 0.386. The second-order valence-electron chi connectivity index (χ2n) is 5.50. The normalized spacial score (nSPS) is 18.9. The first-order valence-electron chi connectivity index (χ1n) is 7.61. The first kappa shape index (κ1) is 14.6. The maximum atomic E-state index is 6.42. The molecule has 1 aromatic rings. The van der Waals surface area contributed by atoms with Gasteiger partial charge >= 0.3 is 0 Å². The Morgan fingerprint density at radius 1 is 1.25 bits per heavy atom. The fourth-order valence-corrected chi connectivity index (χ4v) is 3.10. The highest BCUT2D eigenvalue weighted by Gasteiger charge is 2.27. The highest BCUT2D eigenvalue weighted by atomic mass is 14.6. The summed E-state index contributed by atoms with van der Waals surface area (Å²) in [4.78, 5) is 0. The maximum absolute atomic E-state index is 6.42. The molecule has 0 radical (unpaired) electrons. The molecule has 1 aliphatic rings. The molecule has 1 aliphatic carbocycles. The van der Waals surface area contributed by atoms with Gasteiger partial charge in [0, 0.05) is 11.6 Å². The average Bonchev–Trinajstić information content (AvgIpc) is 2.73. The Labute approximate surface area is 122 Å². The first-order valence-corrected chi connectivity index (χ1v) is 7.61. The largest absolute Gasteiger partial charge is 0.398 e. The minimum atomic E-state index is 0.386. The summed E-state index contributed by atoms with van der Waals surface area (Å²) in [6, 6.07) is 10.7. The van der Waals surface area contributed by atoms with Crippen molar-refractivity contribution in [3.05, 3.63) is 71.0 Å². The fourth-order valence-electron chi connectivity index (χ4n) is 3.10. The van der Waals surface area contributed by atoms with Crippen LogP contribution in [0.5, 0.6) is 0 Å². The molecule has 0 saturated heterocycles. The van der Waals surface area contributed by atoms with Crippen LogP contribution in [-0.4, -0.2) is 0 Å². The van der Waals surface area contributed by atoms with Crippen molar-refractivity contribution in [3.63, 3.8) is 0 Å². The van der Waals surface area contributed by atoms with E-state index in [9.17, 15) is 0 Å². The van der Waals surface area contributed by atoms with Crippen LogP contribution in [0.2, 0.25) is 0 Å². The Morgan fingerprint density at radius 3 is 2.55 bits per heavy atom. The van der Waals surface area contributed by atoms with E-state index in [1.807, 2.05) is 0 Å². The average molecular weight is 267 g/mol. The molecule has 1 nitrogen and oxygen atoms in total. The van der Waals surface area contributed by atoms with Crippen molar-refractivity contribution < 1.29 is 0 Å². The van der Waals surface area contributed by atoms with Gasteiger partial charge in [-0.3, -0.25) is 0 Å². The number of allylic oxidation sites excluding steroid dienone is 4. The van der Waals surface area contributed by atoms with E-state index in [2.05, 4.69) is 56.8 Å². The van der Waals surface area contributed by atoms with Crippen molar-refractivity contribution >= 4 is 0 Å². The number of hydrogen-bond donors (Lipinski definition) is 1. The quantitative estimate of drug-likeness (QED) is 0.791. The lowest BCUT2D eigenvalue weighted by atomic mass is 9.85. The zero-order chi connectivity index (χ0) is 14.5. The third kappa shape index (κ3) is 2.87. The number of rotatable bonds is 5. The van der Waals surface area contributed by atoms with Gasteiger partial charge < -0.3 is 5.73 Å². The lowest BCUT2D eigenvalue weighted by Gasteiger charge is -2.20. The number of nitrogens with two attached hydrogens (primary N) is 1. The summed E-state index contributed by atoms with van der Waals surface area (Å²) in [5, 5.41) is 0. The predicted octanol–water partition coefficient (Wildman–Crippen LogP) is 5.08. The second kappa shape index (κ2) is 6.60. The van der Waals surface area contributed by atoms with Crippen LogP contribution in [0.3, 0.4) is 0 Å². The Balaban J connectivity index is 2.44. The minimum Gasteiger partial charge on any atom is -0.398 e. The van der Waals surface area contributed by atoms with Crippen LogP contribution in [0.25, 0.3) is 0 Å². The van der Waals surface area contributed by atoms with Crippen LogP contribution in [0.15, 0.2) is 65.4 Å². The summed E-state index contributed by atoms with van der Waals surface area (Å²) in [5.74, 6) is 0.386. The van der Waals surface area contributed by atoms with Gasteiger partial charge in [-0.15, -0.1) is 0 Å². The van der Waals surface area contributed by atoms with E-state index in [-0.39, 0.29) is 0 Å². The van der Waals surface area contributed by atoms with Gasteiger partial charge in [0.25, 0.3) is 0 Å². The van der Waals surface area contributed by atoms with Gasteiger partial charge in [-0.05, 0) is 41.5 Å². The second-order valence-corrected chi connectivity index (χ2v) is 5.50. The van der Waals surface area contributed by atoms with E-state index >= 15 is 0 Å². The third-order valence-corrected chi connectivity index (χ3v) is 4.00. The van der Waals surface area contributed by atoms with Crippen LogP contribution in [-0.2, 0) is 0 Å². The monoisotopic (exact) mass is 267 g/mol. The van der Waals surface area contributed by atoms with E-state index in [1.165, 1.54) is 22.3 Å². The molecular weight excluding hydrogens is 242 g/mol. The first-order chi connectivity index (χ1) is 9.69. The van der Waals surface area contributed by atoms with E-state index in [4.69, 9.17) is 5.73 Å². The molecule has 0 heterocycles. The topological polar surface area (TPSA) is 26.0 Å². The van der Waals surface area contributed by atoms with Gasteiger partial charge in [-0.25, -0.2) is 0 Å². The summed E-state index contributed by atoms with van der Waals surface area (Å²) >= 11 is 0. The van der Waals surface area contributed by atoms with Crippen molar-refractivity contribution in [2.75, 3.05) is 0 Å².